The smallest absolute Gasteiger partial charge is 0.234 e. The number of rotatable bonds is 4. The molecule has 0 unspecified atom stereocenters. The Balaban J connectivity index is 1.76. The van der Waals surface area contributed by atoms with E-state index in [1.54, 1.807) is 13.3 Å². The van der Waals surface area contributed by atoms with Crippen molar-refractivity contribution in [2.45, 2.75) is 6.54 Å². The molecule has 0 aliphatic carbocycles. The molecule has 0 amide bonds. The summed E-state index contributed by atoms with van der Waals surface area (Å²) in [5.74, 6) is 0.846. The second-order valence-corrected chi connectivity index (χ2v) is 5.23. The summed E-state index contributed by atoms with van der Waals surface area (Å²) < 4.78 is 10.9. The van der Waals surface area contributed by atoms with Crippen LogP contribution in [0.2, 0.25) is 5.28 Å². The highest BCUT2D eigenvalue weighted by Gasteiger charge is 2.07. The van der Waals surface area contributed by atoms with E-state index >= 15 is 0 Å². The quantitative estimate of drug-likeness (QED) is 0.743. The number of methoxy groups -OCH3 is 1. The van der Waals surface area contributed by atoms with E-state index in [0.29, 0.717) is 6.54 Å². The van der Waals surface area contributed by atoms with Crippen molar-refractivity contribution in [1.29, 1.82) is 0 Å². The zero-order valence-corrected chi connectivity index (χ0v) is 12.2. The van der Waals surface area contributed by atoms with Crippen molar-refractivity contribution in [2.24, 2.45) is 0 Å². The van der Waals surface area contributed by atoms with Gasteiger partial charge in [0.05, 0.1) is 25.4 Å². The zero-order chi connectivity index (χ0) is 13.9. The van der Waals surface area contributed by atoms with Gasteiger partial charge in [0.25, 0.3) is 0 Å². The van der Waals surface area contributed by atoms with E-state index < -0.39 is 0 Å². The van der Waals surface area contributed by atoms with Crippen molar-refractivity contribution < 1.29 is 4.74 Å². The summed E-state index contributed by atoms with van der Waals surface area (Å²) in [6, 6.07) is 7.90. The van der Waals surface area contributed by atoms with Crippen LogP contribution in [0.5, 0.6) is 5.75 Å². The average molecular weight is 307 g/mol. The fourth-order valence-corrected chi connectivity index (χ4v) is 2.58. The molecule has 0 atom stereocenters. The van der Waals surface area contributed by atoms with E-state index in [4.69, 9.17) is 16.3 Å². The van der Waals surface area contributed by atoms with Gasteiger partial charge in [-0.2, -0.15) is 9.47 Å². The third-order valence-electron chi connectivity index (χ3n) is 2.79. The number of benzene rings is 1. The molecule has 20 heavy (non-hydrogen) atoms. The Morgan fingerprint density at radius 1 is 1.30 bits per heavy atom. The number of ether oxygens (including phenoxy) is 1. The van der Waals surface area contributed by atoms with Crippen molar-refractivity contribution >= 4 is 23.1 Å². The third kappa shape index (κ3) is 2.81. The van der Waals surface area contributed by atoms with Gasteiger partial charge in [-0.3, -0.25) is 4.68 Å². The lowest BCUT2D eigenvalue weighted by atomic mass is 10.2. The van der Waals surface area contributed by atoms with Gasteiger partial charge in [0.15, 0.2) is 0 Å². The Kier molecular flexibility index (Phi) is 3.66. The Labute approximate surface area is 125 Å². The Morgan fingerprint density at radius 2 is 2.10 bits per heavy atom. The van der Waals surface area contributed by atoms with Crippen LogP contribution in [0, 0.1) is 0 Å². The second-order valence-electron chi connectivity index (χ2n) is 4.14. The van der Waals surface area contributed by atoms with Gasteiger partial charge in [0, 0.05) is 6.20 Å². The largest absolute Gasteiger partial charge is 0.497 e. The molecule has 0 saturated carbocycles. The minimum absolute atomic E-state index is 0.271. The highest BCUT2D eigenvalue weighted by Crippen LogP contribution is 2.22. The van der Waals surface area contributed by atoms with Gasteiger partial charge < -0.3 is 4.74 Å². The van der Waals surface area contributed by atoms with Crippen LogP contribution < -0.4 is 4.74 Å². The Bertz CT molecular complexity index is 707. The lowest BCUT2D eigenvalue weighted by Crippen LogP contribution is -1.99. The SMILES string of the molecule is COc1ccc(Cn2cc(-c3nc(Cl)ns3)cn2)cc1. The summed E-state index contributed by atoms with van der Waals surface area (Å²) >= 11 is 6.99. The maximum atomic E-state index is 5.72. The molecule has 0 fully saturated rings. The van der Waals surface area contributed by atoms with Gasteiger partial charge >= 0.3 is 0 Å². The summed E-state index contributed by atoms with van der Waals surface area (Å²) in [5.41, 5.74) is 2.07. The normalized spacial score (nSPS) is 10.7. The van der Waals surface area contributed by atoms with Crippen LogP contribution in [0.25, 0.3) is 10.6 Å². The fraction of sp³-hybridized carbons (Fsp3) is 0.154. The van der Waals surface area contributed by atoms with Crippen LogP contribution in [-0.2, 0) is 6.54 Å². The predicted octanol–water partition coefficient (Wildman–Crippen LogP) is 3.11. The summed E-state index contributed by atoms with van der Waals surface area (Å²) in [6.45, 7) is 0.691. The van der Waals surface area contributed by atoms with Crippen molar-refractivity contribution in [3.8, 4) is 16.3 Å². The second kappa shape index (κ2) is 5.60. The maximum Gasteiger partial charge on any atom is 0.234 e. The number of hydrogen-bond acceptors (Lipinski definition) is 5. The van der Waals surface area contributed by atoms with Crippen molar-refractivity contribution in [3.05, 3.63) is 47.5 Å². The Hall–Kier alpha value is -1.92. The number of halogens is 1. The van der Waals surface area contributed by atoms with E-state index in [0.717, 1.165) is 21.9 Å². The van der Waals surface area contributed by atoms with Crippen LogP contribution in [0.3, 0.4) is 0 Å². The summed E-state index contributed by atoms with van der Waals surface area (Å²) in [4.78, 5) is 4.13. The molecule has 1 aromatic carbocycles. The molecule has 102 valence electrons. The molecule has 7 heteroatoms. The van der Waals surface area contributed by atoms with Crippen LogP contribution in [-0.4, -0.2) is 26.2 Å². The van der Waals surface area contributed by atoms with E-state index in [1.165, 1.54) is 11.5 Å². The molecular weight excluding hydrogens is 296 g/mol. The predicted molar refractivity (Wildman–Crippen MR) is 78.2 cm³/mol. The van der Waals surface area contributed by atoms with E-state index in [2.05, 4.69) is 14.5 Å². The standard InChI is InChI=1S/C13H11ClN4OS/c1-19-11-4-2-9(3-5-11)7-18-8-10(6-15-18)12-16-13(14)17-20-12/h2-6,8H,7H2,1H3. The minimum atomic E-state index is 0.271. The van der Waals surface area contributed by atoms with Crippen molar-refractivity contribution in [1.82, 2.24) is 19.1 Å². The van der Waals surface area contributed by atoms with Gasteiger partial charge in [-0.1, -0.05) is 12.1 Å². The van der Waals surface area contributed by atoms with Gasteiger partial charge in [0.2, 0.25) is 5.28 Å². The molecule has 0 radical (unpaired) electrons. The molecule has 0 bridgehead atoms. The number of nitrogens with zero attached hydrogens (tertiary/aromatic N) is 4. The van der Waals surface area contributed by atoms with Crippen LogP contribution >= 0.6 is 23.1 Å². The van der Waals surface area contributed by atoms with Gasteiger partial charge in [-0.25, -0.2) is 4.98 Å². The Morgan fingerprint density at radius 3 is 2.75 bits per heavy atom. The zero-order valence-electron chi connectivity index (χ0n) is 10.7. The number of hydrogen-bond donors (Lipinski definition) is 0. The molecule has 0 saturated heterocycles. The maximum absolute atomic E-state index is 5.72. The first-order chi connectivity index (χ1) is 9.74. The minimum Gasteiger partial charge on any atom is -0.497 e. The van der Waals surface area contributed by atoms with Crippen molar-refractivity contribution in [2.75, 3.05) is 7.11 Å². The highest BCUT2D eigenvalue weighted by molar-refractivity contribution is 7.09. The average Bonchev–Trinajstić information content (AvgIpc) is 3.09. The van der Waals surface area contributed by atoms with Crippen LogP contribution in [0.4, 0.5) is 0 Å². The van der Waals surface area contributed by atoms with Gasteiger partial charge in [-0.05, 0) is 40.8 Å². The van der Waals surface area contributed by atoms with Gasteiger partial charge in [-0.15, -0.1) is 0 Å². The topological polar surface area (TPSA) is 52.8 Å². The molecule has 2 heterocycles. The molecule has 0 aliphatic heterocycles. The summed E-state index contributed by atoms with van der Waals surface area (Å²) in [5, 5.41) is 5.37. The lowest BCUT2D eigenvalue weighted by molar-refractivity contribution is 0.414. The molecule has 0 spiro atoms. The van der Waals surface area contributed by atoms with E-state index in [9.17, 15) is 0 Å². The van der Waals surface area contributed by atoms with E-state index in [1.807, 2.05) is 35.1 Å². The first-order valence-electron chi connectivity index (χ1n) is 5.89. The highest BCUT2D eigenvalue weighted by atomic mass is 35.5. The summed E-state index contributed by atoms with van der Waals surface area (Å²) in [6.07, 6.45) is 3.70. The first-order valence-corrected chi connectivity index (χ1v) is 7.05. The summed E-state index contributed by atoms with van der Waals surface area (Å²) in [7, 11) is 1.65. The monoisotopic (exact) mass is 306 g/mol. The van der Waals surface area contributed by atoms with Gasteiger partial charge in [0.1, 0.15) is 10.8 Å². The molecule has 3 aromatic rings. The lowest BCUT2D eigenvalue weighted by Gasteiger charge is -2.03. The van der Waals surface area contributed by atoms with Crippen LogP contribution in [0.1, 0.15) is 5.56 Å². The molecule has 3 rings (SSSR count). The molecule has 0 N–H and O–H groups in total. The molecular formula is C13H11ClN4OS. The van der Waals surface area contributed by atoms with Crippen LogP contribution in [0.15, 0.2) is 36.7 Å². The fourth-order valence-electron chi connectivity index (χ4n) is 1.80. The molecule has 0 aliphatic rings. The third-order valence-corrected chi connectivity index (χ3v) is 3.82. The molecule has 2 aromatic heterocycles. The van der Waals surface area contributed by atoms with Crippen molar-refractivity contribution in [3.63, 3.8) is 0 Å². The molecule has 5 nitrogen and oxygen atoms in total. The first kappa shape index (κ1) is 13.1. The van der Waals surface area contributed by atoms with E-state index in [-0.39, 0.29) is 5.28 Å². The number of aromatic nitrogens is 4.